The summed E-state index contributed by atoms with van der Waals surface area (Å²) in [6.45, 7) is 3.99. The van der Waals surface area contributed by atoms with Gasteiger partial charge in [-0.1, -0.05) is 43.7 Å². The van der Waals surface area contributed by atoms with E-state index >= 15 is 0 Å². The summed E-state index contributed by atoms with van der Waals surface area (Å²) in [6.07, 6.45) is 1.83. The van der Waals surface area contributed by atoms with Crippen LogP contribution in [0, 0.1) is 0 Å². The van der Waals surface area contributed by atoms with Gasteiger partial charge < -0.3 is 5.32 Å². The Labute approximate surface area is 149 Å². The number of sulfonamides is 1. The van der Waals surface area contributed by atoms with Crippen LogP contribution in [-0.4, -0.2) is 27.4 Å². The predicted octanol–water partition coefficient (Wildman–Crippen LogP) is 3.43. The molecule has 0 radical (unpaired) electrons. The van der Waals surface area contributed by atoms with Crippen molar-refractivity contribution < 1.29 is 13.2 Å². The van der Waals surface area contributed by atoms with Gasteiger partial charge in [-0.2, -0.15) is 0 Å². The van der Waals surface area contributed by atoms with Gasteiger partial charge in [-0.25, -0.2) is 8.42 Å². The molecule has 2 aromatic carbocycles. The standard InChI is InChI=1S/C19H24N2O3S/c1-4-10-15(2)20-19(22)17-13-8-9-14-18(17)21(3)25(23,24)16-11-6-5-7-12-16/h5-9,11-15H,4,10H2,1-3H3,(H,20,22)/t15-/m1/s1. The Morgan fingerprint density at radius 1 is 1.08 bits per heavy atom. The zero-order valence-corrected chi connectivity index (χ0v) is 15.6. The molecular weight excluding hydrogens is 336 g/mol. The average Bonchev–Trinajstić information content (AvgIpc) is 2.62. The summed E-state index contributed by atoms with van der Waals surface area (Å²) in [5.41, 5.74) is 0.694. The third-order valence-electron chi connectivity index (χ3n) is 3.99. The Morgan fingerprint density at radius 3 is 2.32 bits per heavy atom. The Bertz CT molecular complexity index is 820. The molecule has 2 aromatic rings. The highest BCUT2D eigenvalue weighted by Crippen LogP contribution is 2.25. The minimum Gasteiger partial charge on any atom is -0.350 e. The van der Waals surface area contributed by atoms with Crippen LogP contribution in [0.3, 0.4) is 0 Å². The molecule has 5 nitrogen and oxygen atoms in total. The molecule has 0 aliphatic heterocycles. The van der Waals surface area contributed by atoms with Gasteiger partial charge in [0.25, 0.3) is 15.9 Å². The number of nitrogens with zero attached hydrogens (tertiary/aromatic N) is 1. The lowest BCUT2D eigenvalue weighted by Crippen LogP contribution is -2.34. The number of nitrogens with one attached hydrogen (secondary N) is 1. The van der Waals surface area contributed by atoms with Crippen molar-refractivity contribution >= 4 is 21.6 Å². The molecule has 0 heterocycles. The topological polar surface area (TPSA) is 66.5 Å². The van der Waals surface area contributed by atoms with E-state index < -0.39 is 10.0 Å². The number of hydrogen-bond acceptors (Lipinski definition) is 3. The second kappa shape index (κ2) is 8.16. The summed E-state index contributed by atoms with van der Waals surface area (Å²) < 4.78 is 26.8. The number of benzene rings is 2. The number of amides is 1. The van der Waals surface area contributed by atoms with E-state index in [1.807, 2.05) is 6.92 Å². The van der Waals surface area contributed by atoms with Gasteiger partial charge in [0.05, 0.1) is 16.1 Å². The number of carbonyl (C=O) groups is 1. The molecule has 0 aromatic heterocycles. The molecular formula is C19H24N2O3S. The molecule has 6 heteroatoms. The molecule has 134 valence electrons. The molecule has 0 saturated carbocycles. The van der Waals surface area contributed by atoms with Gasteiger partial charge in [0, 0.05) is 13.1 Å². The van der Waals surface area contributed by atoms with Gasteiger partial charge in [0.1, 0.15) is 0 Å². The van der Waals surface area contributed by atoms with Gasteiger partial charge in [-0.3, -0.25) is 9.10 Å². The van der Waals surface area contributed by atoms with E-state index in [9.17, 15) is 13.2 Å². The van der Waals surface area contributed by atoms with Gasteiger partial charge >= 0.3 is 0 Å². The molecule has 1 N–H and O–H groups in total. The summed E-state index contributed by atoms with van der Waals surface area (Å²) in [4.78, 5) is 12.8. The lowest BCUT2D eigenvalue weighted by molar-refractivity contribution is 0.0939. The van der Waals surface area contributed by atoms with E-state index in [-0.39, 0.29) is 16.8 Å². The number of rotatable bonds is 7. The number of anilines is 1. The van der Waals surface area contributed by atoms with Crippen LogP contribution < -0.4 is 9.62 Å². The molecule has 0 aliphatic rings. The predicted molar refractivity (Wildman–Crippen MR) is 100 cm³/mol. The van der Waals surface area contributed by atoms with Crippen LogP contribution in [0.25, 0.3) is 0 Å². The molecule has 0 fully saturated rings. The van der Waals surface area contributed by atoms with Crippen LogP contribution >= 0.6 is 0 Å². The normalized spacial score (nSPS) is 12.4. The van der Waals surface area contributed by atoms with Gasteiger partial charge in [0.2, 0.25) is 0 Å². The zero-order valence-electron chi connectivity index (χ0n) is 14.8. The quantitative estimate of drug-likeness (QED) is 0.822. The summed E-state index contributed by atoms with van der Waals surface area (Å²) in [7, 11) is -2.27. The maximum atomic E-state index is 12.8. The Hall–Kier alpha value is -2.34. The van der Waals surface area contributed by atoms with E-state index in [1.165, 1.54) is 19.2 Å². The minimum absolute atomic E-state index is 0.0293. The summed E-state index contributed by atoms with van der Waals surface area (Å²) >= 11 is 0. The van der Waals surface area contributed by atoms with Crippen molar-refractivity contribution in [2.45, 2.75) is 37.6 Å². The van der Waals surface area contributed by atoms with Gasteiger partial charge in [0.15, 0.2) is 0 Å². The van der Waals surface area contributed by atoms with Crippen molar-refractivity contribution in [2.24, 2.45) is 0 Å². The highest BCUT2D eigenvalue weighted by Gasteiger charge is 2.25. The smallest absolute Gasteiger partial charge is 0.264 e. The second-order valence-corrected chi connectivity index (χ2v) is 7.94. The Morgan fingerprint density at radius 2 is 1.68 bits per heavy atom. The summed E-state index contributed by atoms with van der Waals surface area (Å²) in [6, 6.07) is 14.9. The van der Waals surface area contributed by atoms with Crippen molar-refractivity contribution in [3.63, 3.8) is 0 Å². The maximum Gasteiger partial charge on any atom is 0.264 e. The largest absolute Gasteiger partial charge is 0.350 e. The number of para-hydroxylation sites is 1. The minimum atomic E-state index is -3.73. The van der Waals surface area contributed by atoms with Crippen LogP contribution in [0.5, 0.6) is 0 Å². The van der Waals surface area contributed by atoms with E-state index in [2.05, 4.69) is 12.2 Å². The Balaban J connectivity index is 2.35. The van der Waals surface area contributed by atoms with Crippen molar-refractivity contribution in [1.29, 1.82) is 0 Å². The molecule has 0 saturated heterocycles. The van der Waals surface area contributed by atoms with Crippen LogP contribution in [0.1, 0.15) is 37.0 Å². The highest BCUT2D eigenvalue weighted by molar-refractivity contribution is 7.92. The fourth-order valence-electron chi connectivity index (χ4n) is 2.63. The second-order valence-electron chi connectivity index (χ2n) is 5.97. The van der Waals surface area contributed by atoms with Crippen molar-refractivity contribution in [3.8, 4) is 0 Å². The first-order chi connectivity index (χ1) is 11.9. The first-order valence-corrected chi connectivity index (χ1v) is 9.75. The molecule has 0 bridgehead atoms. The summed E-state index contributed by atoms with van der Waals surface area (Å²) in [5, 5.41) is 2.92. The number of hydrogen-bond donors (Lipinski definition) is 1. The third kappa shape index (κ3) is 4.39. The molecule has 2 rings (SSSR count). The Kier molecular flexibility index (Phi) is 6.20. The van der Waals surface area contributed by atoms with Crippen molar-refractivity contribution in [2.75, 3.05) is 11.4 Å². The lowest BCUT2D eigenvalue weighted by Gasteiger charge is -2.23. The third-order valence-corrected chi connectivity index (χ3v) is 5.77. The lowest BCUT2D eigenvalue weighted by atomic mass is 10.1. The zero-order chi connectivity index (χ0) is 18.4. The van der Waals surface area contributed by atoms with Crippen LogP contribution in [0.15, 0.2) is 59.5 Å². The maximum absolute atomic E-state index is 12.8. The van der Waals surface area contributed by atoms with E-state index in [0.717, 1.165) is 17.1 Å². The monoisotopic (exact) mass is 360 g/mol. The molecule has 0 unspecified atom stereocenters. The van der Waals surface area contributed by atoms with E-state index in [1.54, 1.807) is 42.5 Å². The fraction of sp³-hybridized carbons (Fsp3) is 0.316. The van der Waals surface area contributed by atoms with Crippen LogP contribution in [0.2, 0.25) is 0 Å². The number of carbonyl (C=O) groups excluding carboxylic acids is 1. The molecule has 25 heavy (non-hydrogen) atoms. The van der Waals surface area contributed by atoms with E-state index in [0.29, 0.717) is 11.3 Å². The fourth-order valence-corrected chi connectivity index (χ4v) is 3.86. The van der Waals surface area contributed by atoms with Gasteiger partial charge in [-0.15, -0.1) is 0 Å². The first-order valence-electron chi connectivity index (χ1n) is 8.31. The van der Waals surface area contributed by atoms with Gasteiger partial charge in [-0.05, 0) is 37.6 Å². The molecule has 0 spiro atoms. The van der Waals surface area contributed by atoms with Crippen LogP contribution in [0.4, 0.5) is 5.69 Å². The molecule has 1 amide bonds. The first kappa shape index (κ1) is 19.0. The average molecular weight is 360 g/mol. The van der Waals surface area contributed by atoms with E-state index in [4.69, 9.17) is 0 Å². The summed E-state index contributed by atoms with van der Waals surface area (Å²) in [5.74, 6) is -0.272. The van der Waals surface area contributed by atoms with Crippen LogP contribution in [-0.2, 0) is 10.0 Å². The molecule has 1 atom stereocenters. The van der Waals surface area contributed by atoms with Crippen molar-refractivity contribution in [1.82, 2.24) is 5.32 Å². The SMILES string of the molecule is CCC[C@@H](C)NC(=O)c1ccccc1N(C)S(=O)(=O)c1ccccc1. The van der Waals surface area contributed by atoms with Crippen molar-refractivity contribution in [3.05, 3.63) is 60.2 Å². The molecule has 0 aliphatic carbocycles. The highest BCUT2D eigenvalue weighted by atomic mass is 32.2.